The van der Waals surface area contributed by atoms with Crippen molar-refractivity contribution < 1.29 is 14.5 Å². The summed E-state index contributed by atoms with van der Waals surface area (Å²) < 4.78 is 5.24. The molecule has 2 N–H and O–H groups in total. The highest BCUT2D eigenvalue weighted by Gasteiger charge is 2.22. The van der Waals surface area contributed by atoms with Gasteiger partial charge < -0.3 is 15.4 Å². The molecule has 1 amide bonds. The van der Waals surface area contributed by atoms with E-state index in [1.54, 1.807) is 29.2 Å². The summed E-state index contributed by atoms with van der Waals surface area (Å²) in [4.78, 5) is 28.8. The largest absolute Gasteiger partial charge is 0.378 e. The van der Waals surface area contributed by atoms with Crippen LogP contribution in [0.2, 0.25) is 0 Å². The van der Waals surface area contributed by atoms with Crippen LogP contribution < -0.4 is 5.73 Å². The van der Waals surface area contributed by atoms with E-state index in [1.165, 1.54) is 12.3 Å². The molecule has 0 bridgehead atoms. The first-order valence-corrected chi connectivity index (χ1v) is 7.44. The molecule has 1 fully saturated rings. The van der Waals surface area contributed by atoms with E-state index < -0.39 is 4.92 Å². The molecular formula is C16H16N4O4. The van der Waals surface area contributed by atoms with Crippen molar-refractivity contribution in [2.45, 2.75) is 0 Å². The number of carbonyl (C=O) groups is 1. The molecule has 3 rings (SSSR count). The highest BCUT2D eigenvalue weighted by atomic mass is 16.6. The number of benzene rings is 1. The second-order valence-corrected chi connectivity index (χ2v) is 5.33. The quantitative estimate of drug-likeness (QED) is 0.678. The van der Waals surface area contributed by atoms with Gasteiger partial charge in [-0.05, 0) is 23.8 Å². The molecule has 1 aliphatic heterocycles. The Morgan fingerprint density at radius 2 is 2.04 bits per heavy atom. The fourth-order valence-electron chi connectivity index (χ4n) is 2.66. The van der Waals surface area contributed by atoms with Gasteiger partial charge in [-0.15, -0.1) is 0 Å². The molecular weight excluding hydrogens is 312 g/mol. The highest BCUT2D eigenvalue weighted by molar-refractivity contribution is 5.96. The van der Waals surface area contributed by atoms with Crippen LogP contribution >= 0.6 is 0 Å². The number of pyridine rings is 1. The van der Waals surface area contributed by atoms with Crippen LogP contribution in [0, 0.1) is 10.1 Å². The summed E-state index contributed by atoms with van der Waals surface area (Å²) in [7, 11) is 0. The number of hydrogen-bond acceptors (Lipinski definition) is 6. The maximum Gasteiger partial charge on any atom is 0.318 e. The number of nitrogens with two attached hydrogens (primary N) is 1. The lowest BCUT2D eigenvalue weighted by molar-refractivity contribution is -0.383. The third-order valence-corrected chi connectivity index (χ3v) is 3.85. The Balaban J connectivity index is 1.98. The molecule has 24 heavy (non-hydrogen) atoms. The Morgan fingerprint density at radius 3 is 2.75 bits per heavy atom. The summed E-state index contributed by atoms with van der Waals surface area (Å²) in [6.45, 7) is 2.09. The molecule has 0 saturated carbocycles. The second kappa shape index (κ2) is 6.63. The van der Waals surface area contributed by atoms with E-state index in [2.05, 4.69) is 4.98 Å². The van der Waals surface area contributed by atoms with Crippen molar-refractivity contribution in [2.75, 3.05) is 32.0 Å². The van der Waals surface area contributed by atoms with Crippen LogP contribution in [-0.4, -0.2) is 47.0 Å². The molecule has 0 unspecified atom stereocenters. The van der Waals surface area contributed by atoms with E-state index >= 15 is 0 Å². The number of morpholine rings is 1. The lowest BCUT2D eigenvalue weighted by atomic mass is 10.0. The number of amides is 1. The fraction of sp³-hybridized carbons (Fsp3) is 0.250. The summed E-state index contributed by atoms with van der Waals surface area (Å²) in [5.41, 5.74) is 6.74. The topological polar surface area (TPSA) is 112 Å². The first kappa shape index (κ1) is 15.9. The van der Waals surface area contributed by atoms with Crippen molar-refractivity contribution in [3.05, 3.63) is 52.2 Å². The minimum absolute atomic E-state index is 0.121. The zero-order chi connectivity index (χ0) is 17.1. The Morgan fingerprint density at radius 1 is 1.29 bits per heavy atom. The predicted molar refractivity (Wildman–Crippen MR) is 87.5 cm³/mol. The molecule has 0 aliphatic carbocycles. The molecule has 0 atom stereocenters. The third-order valence-electron chi connectivity index (χ3n) is 3.85. The minimum atomic E-state index is -0.561. The van der Waals surface area contributed by atoms with Crippen LogP contribution in [0.15, 0.2) is 36.5 Å². The van der Waals surface area contributed by atoms with E-state index in [9.17, 15) is 14.9 Å². The molecule has 124 valence electrons. The van der Waals surface area contributed by atoms with Crippen LogP contribution in [0.1, 0.15) is 10.4 Å². The summed E-state index contributed by atoms with van der Waals surface area (Å²) in [6.07, 6.45) is 1.41. The number of ether oxygens (including phenoxy) is 1. The zero-order valence-electron chi connectivity index (χ0n) is 12.8. The van der Waals surface area contributed by atoms with Crippen molar-refractivity contribution in [2.24, 2.45) is 0 Å². The maximum atomic E-state index is 12.6. The van der Waals surface area contributed by atoms with Crippen LogP contribution in [-0.2, 0) is 4.74 Å². The van der Waals surface area contributed by atoms with E-state index in [4.69, 9.17) is 10.5 Å². The zero-order valence-corrected chi connectivity index (χ0v) is 12.8. The number of nitrogens with zero attached hydrogens (tertiary/aromatic N) is 3. The Labute approximate surface area is 138 Å². The molecule has 2 heterocycles. The van der Waals surface area contributed by atoms with Crippen molar-refractivity contribution in [1.29, 1.82) is 0 Å². The first-order valence-electron chi connectivity index (χ1n) is 7.44. The van der Waals surface area contributed by atoms with E-state index in [0.29, 0.717) is 43.0 Å². The number of rotatable bonds is 3. The summed E-state index contributed by atoms with van der Waals surface area (Å²) in [6, 6.07) is 8.26. The normalized spacial score (nSPS) is 14.4. The van der Waals surface area contributed by atoms with Gasteiger partial charge >= 0.3 is 5.69 Å². The van der Waals surface area contributed by atoms with E-state index in [-0.39, 0.29) is 17.4 Å². The van der Waals surface area contributed by atoms with Gasteiger partial charge in [0.2, 0.25) is 5.82 Å². The monoisotopic (exact) mass is 328 g/mol. The van der Waals surface area contributed by atoms with E-state index in [1.807, 2.05) is 0 Å². The van der Waals surface area contributed by atoms with Gasteiger partial charge in [-0.25, -0.2) is 4.98 Å². The Bertz CT molecular complexity index is 787. The van der Waals surface area contributed by atoms with Gasteiger partial charge in [0.25, 0.3) is 5.91 Å². The van der Waals surface area contributed by atoms with Crippen molar-refractivity contribution in [3.8, 4) is 11.1 Å². The van der Waals surface area contributed by atoms with Gasteiger partial charge in [-0.2, -0.15) is 0 Å². The van der Waals surface area contributed by atoms with Crippen molar-refractivity contribution in [3.63, 3.8) is 0 Å². The predicted octanol–water partition coefficient (Wildman–Crippen LogP) is 1.71. The standard InChI is InChI=1S/C16H16N4O4/c17-15-14(20(22)23)13(4-5-18-15)11-2-1-3-12(10-11)16(21)19-6-8-24-9-7-19/h1-5,10H,6-9H2,(H2,17,18). The van der Waals surface area contributed by atoms with Gasteiger partial charge in [0.05, 0.1) is 23.7 Å². The van der Waals surface area contributed by atoms with Crippen molar-refractivity contribution in [1.82, 2.24) is 9.88 Å². The minimum Gasteiger partial charge on any atom is -0.378 e. The summed E-state index contributed by atoms with van der Waals surface area (Å²) in [5, 5.41) is 11.3. The van der Waals surface area contributed by atoms with Crippen LogP contribution in [0.3, 0.4) is 0 Å². The van der Waals surface area contributed by atoms with Crippen LogP contribution in [0.25, 0.3) is 11.1 Å². The average molecular weight is 328 g/mol. The molecule has 1 aromatic heterocycles. The smallest absolute Gasteiger partial charge is 0.318 e. The molecule has 1 aliphatic rings. The van der Waals surface area contributed by atoms with Gasteiger partial charge in [0.15, 0.2) is 0 Å². The molecule has 8 nitrogen and oxygen atoms in total. The number of nitro groups is 1. The van der Waals surface area contributed by atoms with Crippen molar-refractivity contribution >= 4 is 17.4 Å². The average Bonchev–Trinajstić information content (AvgIpc) is 2.61. The summed E-state index contributed by atoms with van der Waals surface area (Å²) in [5.74, 6) is -0.271. The second-order valence-electron chi connectivity index (χ2n) is 5.33. The van der Waals surface area contributed by atoms with Gasteiger partial charge in [-0.3, -0.25) is 14.9 Å². The van der Waals surface area contributed by atoms with Gasteiger partial charge in [0.1, 0.15) is 0 Å². The fourth-order valence-corrected chi connectivity index (χ4v) is 2.66. The number of hydrogen-bond donors (Lipinski definition) is 1. The molecule has 8 heteroatoms. The van der Waals surface area contributed by atoms with E-state index in [0.717, 1.165) is 0 Å². The van der Waals surface area contributed by atoms with Crippen LogP contribution in [0.4, 0.5) is 11.5 Å². The Hall–Kier alpha value is -3.00. The summed E-state index contributed by atoms with van der Waals surface area (Å²) >= 11 is 0. The maximum absolute atomic E-state index is 12.6. The van der Waals surface area contributed by atoms with Gasteiger partial charge in [0, 0.05) is 24.8 Å². The number of anilines is 1. The SMILES string of the molecule is Nc1nccc(-c2cccc(C(=O)N3CCOCC3)c2)c1[N+](=O)[O-]. The number of aromatic nitrogens is 1. The molecule has 0 radical (unpaired) electrons. The van der Waals surface area contributed by atoms with Crippen LogP contribution in [0.5, 0.6) is 0 Å². The first-order chi connectivity index (χ1) is 11.6. The highest BCUT2D eigenvalue weighted by Crippen LogP contribution is 2.33. The lowest BCUT2D eigenvalue weighted by Crippen LogP contribution is -2.40. The van der Waals surface area contributed by atoms with Gasteiger partial charge in [-0.1, -0.05) is 12.1 Å². The molecule has 2 aromatic rings. The lowest BCUT2D eigenvalue weighted by Gasteiger charge is -2.27. The molecule has 1 saturated heterocycles. The number of carbonyl (C=O) groups excluding carboxylic acids is 1. The number of nitrogen functional groups attached to an aromatic ring is 1. The third kappa shape index (κ3) is 3.04. The Kier molecular flexibility index (Phi) is 4.39. The molecule has 0 spiro atoms. The molecule has 1 aromatic carbocycles.